The van der Waals surface area contributed by atoms with Crippen molar-refractivity contribution in [3.05, 3.63) is 12.2 Å². The Hall–Kier alpha value is -1.72. The molecule has 6 nitrogen and oxygen atoms in total. The highest BCUT2D eigenvalue weighted by Crippen LogP contribution is 2.41. The molecule has 0 amide bonds. The summed E-state index contributed by atoms with van der Waals surface area (Å²) in [6.07, 6.45) is 5.17. The van der Waals surface area contributed by atoms with E-state index in [1.807, 2.05) is 0 Å². The number of aromatic nitrogens is 5. The van der Waals surface area contributed by atoms with E-state index in [1.165, 1.54) is 6.42 Å². The summed E-state index contributed by atoms with van der Waals surface area (Å²) in [6, 6.07) is 0. The number of nitrogens with zero attached hydrogens (tertiary/aromatic N) is 5. The second kappa shape index (κ2) is 3.88. The number of hydrogen-bond donors (Lipinski definition) is 0. The summed E-state index contributed by atoms with van der Waals surface area (Å²) in [7, 11) is 0. The molecule has 0 unspecified atom stereocenters. The minimum absolute atomic E-state index is 0.0777. The van der Waals surface area contributed by atoms with Crippen LogP contribution in [-0.2, 0) is 11.0 Å². The molecule has 0 aliphatic heterocycles. The molecular weight excluding hydrogens is 242 g/mol. The van der Waals surface area contributed by atoms with Crippen LogP contribution in [0.5, 0.6) is 0 Å². The molecule has 0 radical (unpaired) electrons. The van der Waals surface area contributed by atoms with Gasteiger partial charge in [0, 0.05) is 5.41 Å². The van der Waals surface area contributed by atoms with Crippen LogP contribution in [0.4, 0.5) is 0 Å². The van der Waals surface area contributed by atoms with Gasteiger partial charge in [-0.05, 0) is 33.6 Å². The molecule has 6 heteroatoms. The largest absolute Gasteiger partial charge is 0.330 e. The Balaban J connectivity index is 1.89. The van der Waals surface area contributed by atoms with Crippen LogP contribution in [0.1, 0.15) is 52.8 Å². The monoisotopic (exact) mass is 261 g/mol. The Kier molecular flexibility index (Phi) is 2.52. The predicted molar refractivity (Wildman–Crippen MR) is 69.5 cm³/mol. The zero-order valence-corrected chi connectivity index (χ0v) is 11.8. The molecular formula is C13H19N5O. The second-order valence-electron chi connectivity index (χ2n) is 6.52. The lowest BCUT2D eigenvalue weighted by Crippen LogP contribution is -2.31. The molecule has 19 heavy (non-hydrogen) atoms. The van der Waals surface area contributed by atoms with Gasteiger partial charge in [-0.3, -0.25) is 0 Å². The van der Waals surface area contributed by atoms with Crippen LogP contribution in [0, 0.1) is 0 Å². The smallest absolute Gasteiger partial charge is 0.297 e. The standard InChI is InChI=1S/C13H19N5O/c1-12(2,3)18-8-14-9(16-18)10-15-11(17-19-10)13(4)6-5-7-13/h8H,5-7H2,1-4H3. The summed E-state index contributed by atoms with van der Waals surface area (Å²) in [5.41, 5.74) is -0.0254. The van der Waals surface area contributed by atoms with Gasteiger partial charge >= 0.3 is 0 Å². The SMILES string of the molecule is CC1(c2noc(-c3ncn(C(C)(C)C)n3)n2)CCC1. The Morgan fingerprint density at radius 3 is 2.58 bits per heavy atom. The maximum atomic E-state index is 5.30. The zero-order chi connectivity index (χ0) is 13.7. The van der Waals surface area contributed by atoms with Gasteiger partial charge in [-0.25, -0.2) is 9.67 Å². The number of hydrogen-bond acceptors (Lipinski definition) is 5. The number of rotatable bonds is 2. The maximum absolute atomic E-state index is 5.30. The van der Waals surface area contributed by atoms with Crippen LogP contribution in [0.3, 0.4) is 0 Å². The molecule has 2 aromatic rings. The Morgan fingerprint density at radius 2 is 2.05 bits per heavy atom. The normalized spacial score (nSPS) is 18.3. The lowest BCUT2D eigenvalue weighted by molar-refractivity contribution is 0.246. The van der Waals surface area contributed by atoms with Gasteiger partial charge in [0.2, 0.25) is 5.82 Å². The van der Waals surface area contributed by atoms with Crippen molar-refractivity contribution >= 4 is 0 Å². The molecule has 0 atom stereocenters. The van der Waals surface area contributed by atoms with Crippen LogP contribution in [0.15, 0.2) is 10.9 Å². The van der Waals surface area contributed by atoms with E-state index >= 15 is 0 Å². The van der Waals surface area contributed by atoms with E-state index in [9.17, 15) is 0 Å². The fourth-order valence-corrected chi connectivity index (χ4v) is 2.17. The molecule has 1 aliphatic carbocycles. The van der Waals surface area contributed by atoms with Gasteiger partial charge in [-0.1, -0.05) is 18.5 Å². The molecule has 0 spiro atoms. The molecule has 1 aliphatic rings. The van der Waals surface area contributed by atoms with Crippen molar-refractivity contribution < 1.29 is 4.52 Å². The molecule has 102 valence electrons. The van der Waals surface area contributed by atoms with E-state index in [0.29, 0.717) is 11.7 Å². The summed E-state index contributed by atoms with van der Waals surface area (Å²) in [5.74, 6) is 1.68. The Bertz CT molecular complexity index is 588. The lowest BCUT2D eigenvalue weighted by atomic mass is 9.70. The topological polar surface area (TPSA) is 69.6 Å². The lowest BCUT2D eigenvalue weighted by Gasteiger charge is -2.34. The van der Waals surface area contributed by atoms with Crippen LogP contribution in [-0.4, -0.2) is 24.9 Å². The minimum Gasteiger partial charge on any atom is -0.330 e. The van der Waals surface area contributed by atoms with E-state index in [4.69, 9.17) is 4.52 Å². The summed E-state index contributed by atoms with van der Waals surface area (Å²) < 4.78 is 7.10. The third-order valence-corrected chi connectivity index (χ3v) is 3.79. The van der Waals surface area contributed by atoms with Gasteiger partial charge in [0.05, 0.1) is 5.54 Å². The first-order valence-corrected chi connectivity index (χ1v) is 6.65. The highest BCUT2D eigenvalue weighted by atomic mass is 16.5. The van der Waals surface area contributed by atoms with E-state index in [-0.39, 0.29) is 11.0 Å². The van der Waals surface area contributed by atoms with Crippen LogP contribution in [0.25, 0.3) is 11.7 Å². The zero-order valence-electron chi connectivity index (χ0n) is 11.8. The minimum atomic E-state index is -0.103. The van der Waals surface area contributed by atoms with Gasteiger partial charge in [0.15, 0.2) is 5.82 Å². The van der Waals surface area contributed by atoms with Gasteiger partial charge in [0.1, 0.15) is 6.33 Å². The average molecular weight is 261 g/mol. The summed E-state index contributed by atoms with van der Waals surface area (Å²) >= 11 is 0. The van der Waals surface area contributed by atoms with Crippen molar-refractivity contribution in [1.82, 2.24) is 24.9 Å². The fourth-order valence-electron chi connectivity index (χ4n) is 2.17. The van der Waals surface area contributed by atoms with Gasteiger partial charge in [0.25, 0.3) is 5.89 Å². The van der Waals surface area contributed by atoms with Gasteiger partial charge in [-0.2, -0.15) is 4.98 Å². The van der Waals surface area contributed by atoms with Crippen molar-refractivity contribution in [3.8, 4) is 11.7 Å². The van der Waals surface area contributed by atoms with Crippen molar-refractivity contribution in [3.63, 3.8) is 0 Å². The van der Waals surface area contributed by atoms with Crippen LogP contribution >= 0.6 is 0 Å². The van der Waals surface area contributed by atoms with Crippen molar-refractivity contribution in [2.45, 2.75) is 57.9 Å². The quantitative estimate of drug-likeness (QED) is 0.830. The molecule has 0 N–H and O–H groups in total. The summed E-state index contributed by atoms with van der Waals surface area (Å²) in [5, 5.41) is 8.48. The Labute approximate surface area is 112 Å². The molecule has 0 aromatic carbocycles. The first-order valence-electron chi connectivity index (χ1n) is 6.65. The van der Waals surface area contributed by atoms with Crippen molar-refractivity contribution in [1.29, 1.82) is 0 Å². The third kappa shape index (κ3) is 2.05. The molecule has 1 fully saturated rings. The van der Waals surface area contributed by atoms with Crippen LogP contribution in [0.2, 0.25) is 0 Å². The first kappa shape index (κ1) is 12.3. The average Bonchev–Trinajstić information content (AvgIpc) is 2.93. The molecule has 2 aromatic heterocycles. The highest BCUT2D eigenvalue weighted by Gasteiger charge is 2.38. The van der Waals surface area contributed by atoms with E-state index in [1.54, 1.807) is 11.0 Å². The maximum Gasteiger partial charge on any atom is 0.297 e. The van der Waals surface area contributed by atoms with Crippen molar-refractivity contribution in [2.75, 3.05) is 0 Å². The van der Waals surface area contributed by atoms with Gasteiger partial charge in [-0.15, -0.1) is 5.10 Å². The summed E-state index contributed by atoms with van der Waals surface area (Å²) in [4.78, 5) is 8.70. The molecule has 1 saturated carbocycles. The molecule has 0 bridgehead atoms. The van der Waals surface area contributed by atoms with Crippen molar-refractivity contribution in [2.24, 2.45) is 0 Å². The van der Waals surface area contributed by atoms with Crippen LogP contribution < -0.4 is 0 Å². The van der Waals surface area contributed by atoms with E-state index in [0.717, 1.165) is 18.7 Å². The molecule has 3 rings (SSSR count). The predicted octanol–water partition coefficient (Wildman–Crippen LogP) is 2.52. The highest BCUT2D eigenvalue weighted by molar-refractivity contribution is 5.38. The fraction of sp³-hybridized carbons (Fsp3) is 0.692. The third-order valence-electron chi connectivity index (χ3n) is 3.79. The second-order valence-corrected chi connectivity index (χ2v) is 6.52. The van der Waals surface area contributed by atoms with E-state index < -0.39 is 0 Å². The van der Waals surface area contributed by atoms with Gasteiger partial charge < -0.3 is 4.52 Å². The van der Waals surface area contributed by atoms with E-state index in [2.05, 4.69) is 47.9 Å². The summed E-state index contributed by atoms with van der Waals surface area (Å²) in [6.45, 7) is 8.38. The Morgan fingerprint density at radius 1 is 1.32 bits per heavy atom. The molecule has 2 heterocycles. The molecule has 0 saturated heterocycles. The first-order chi connectivity index (χ1) is 8.88.